The van der Waals surface area contributed by atoms with Gasteiger partial charge in [0.05, 0.1) is 13.5 Å². The van der Waals surface area contributed by atoms with E-state index in [0.29, 0.717) is 0 Å². The van der Waals surface area contributed by atoms with Gasteiger partial charge in [0.1, 0.15) is 6.04 Å². The van der Waals surface area contributed by atoms with Crippen molar-refractivity contribution in [1.29, 1.82) is 0 Å². The molecule has 0 spiro atoms. The van der Waals surface area contributed by atoms with Crippen molar-refractivity contribution in [2.75, 3.05) is 7.11 Å². The molecule has 1 amide bonds. The number of rotatable bonds is 5. The van der Waals surface area contributed by atoms with E-state index in [2.05, 4.69) is 10.1 Å². The maximum absolute atomic E-state index is 11.3. The van der Waals surface area contributed by atoms with Gasteiger partial charge in [-0.1, -0.05) is 20.3 Å². The van der Waals surface area contributed by atoms with Crippen LogP contribution in [0.4, 0.5) is 0 Å². The molecule has 0 aromatic rings. The summed E-state index contributed by atoms with van der Waals surface area (Å²) in [5.74, 6) is -0.437. The lowest BCUT2D eigenvalue weighted by Gasteiger charge is -2.13. The topological polar surface area (TPSA) is 55.4 Å². The second-order valence-corrected chi connectivity index (χ2v) is 3.31. The van der Waals surface area contributed by atoms with Gasteiger partial charge in [-0.05, 0) is 12.8 Å². The minimum absolute atomic E-state index is 0.222. The summed E-state index contributed by atoms with van der Waals surface area (Å²) in [6.07, 6.45) is 2.47. The van der Waals surface area contributed by atoms with Gasteiger partial charge in [0.2, 0.25) is 5.91 Å². The monoisotopic (exact) mass is 200 g/mol. The number of esters is 1. The summed E-state index contributed by atoms with van der Waals surface area (Å²) in [7, 11) is 1.30. The lowest BCUT2D eigenvalue weighted by Crippen LogP contribution is -2.39. The Balaban J connectivity index is 3.88. The highest BCUT2D eigenvalue weighted by Gasteiger charge is 2.16. The van der Waals surface area contributed by atoms with Crippen LogP contribution in [-0.2, 0) is 14.3 Å². The SMILES string of the molecule is CCC(C)[CH]C(=O)NC(C)C(=O)OC. The molecular formula is C10H18NO3. The number of methoxy groups -OCH3 is 1. The van der Waals surface area contributed by atoms with Crippen molar-refractivity contribution in [2.24, 2.45) is 5.92 Å². The normalized spacial score (nSPS) is 14.3. The molecule has 0 aliphatic heterocycles. The van der Waals surface area contributed by atoms with Crippen LogP contribution in [0.15, 0.2) is 0 Å². The van der Waals surface area contributed by atoms with E-state index < -0.39 is 12.0 Å². The van der Waals surface area contributed by atoms with Gasteiger partial charge in [0.15, 0.2) is 0 Å². The highest BCUT2D eigenvalue weighted by atomic mass is 16.5. The van der Waals surface area contributed by atoms with E-state index >= 15 is 0 Å². The van der Waals surface area contributed by atoms with Crippen LogP contribution >= 0.6 is 0 Å². The molecule has 0 rings (SSSR count). The molecule has 14 heavy (non-hydrogen) atoms. The van der Waals surface area contributed by atoms with Crippen LogP contribution in [0.25, 0.3) is 0 Å². The molecule has 0 aliphatic rings. The predicted octanol–water partition coefficient (Wildman–Crippen LogP) is 0.914. The van der Waals surface area contributed by atoms with Gasteiger partial charge in [0, 0.05) is 0 Å². The fourth-order valence-corrected chi connectivity index (χ4v) is 0.873. The van der Waals surface area contributed by atoms with E-state index in [9.17, 15) is 9.59 Å². The van der Waals surface area contributed by atoms with Crippen molar-refractivity contribution >= 4 is 11.9 Å². The zero-order valence-electron chi connectivity index (χ0n) is 9.16. The van der Waals surface area contributed by atoms with Gasteiger partial charge in [-0.3, -0.25) is 4.79 Å². The number of amides is 1. The van der Waals surface area contributed by atoms with Gasteiger partial charge >= 0.3 is 5.97 Å². The van der Waals surface area contributed by atoms with Crippen LogP contribution in [-0.4, -0.2) is 25.0 Å². The molecule has 0 saturated heterocycles. The number of hydrogen-bond acceptors (Lipinski definition) is 3. The molecule has 0 saturated carbocycles. The third-order valence-corrected chi connectivity index (χ3v) is 1.99. The van der Waals surface area contributed by atoms with Crippen molar-refractivity contribution in [3.05, 3.63) is 6.42 Å². The van der Waals surface area contributed by atoms with E-state index in [-0.39, 0.29) is 11.8 Å². The third-order valence-electron chi connectivity index (χ3n) is 1.99. The first-order valence-electron chi connectivity index (χ1n) is 4.74. The van der Waals surface area contributed by atoms with Crippen LogP contribution in [0.1, 0.15) is 27.2 Å². The summed E-state index contributed by atoms with van der Waals surface area (Å²) in [5.41, 5.74) is 0. The fraction of sp³-hybridized carbons (Fsp3) is 0.700. The van der Waals surface area contributed by atoms with Crippen molar-refractivity contribution < 1.29 is 14.3 Å². The lowest BCUT2D eigenvalue weighted by atomic mass is 10.0. The number of carbonyl (C=O) groups excluding carboxylic acids is 2. The van der Waals surface area contributed by atoms with Crippen molar-refractivity contribution in [3.63, 3.8) is 0 Å². The first-order valence-corrected chi connectivity index (χ1v) is 4.74. The Morgan fingerprint density at radius 3 is 2.43 bits per heavy atom. The van der Waals surface area contributed by atoms with Crippen LogP contribution in [0.5, 0.6) is 0 Å². The molecule has 2 unspecified atom stereocenters. The minimum Gasteiger partial charge on any atom is -0.467 e. The number of carbonyl (C=O) groups is 2. The quantitative estimate of drug-likeness (QED) is 0.671. The minimum atomic E-state index is -0.590. The highest BCUT2D eigenvalue weighted by Crippen LogP contribution is 2.04. The average molecular weight is 200 g/mol. The molecule has 0 aliphatic carbocycles. The molecule has 0 heterocycles. The predicted molar refractivity (Wildman–Crippen MR) is 53.4 cm³/mol. The molecule has 1 radical (unpaired) electrons. The zero-order valence-corrected chi connectivity index (χ0v) is 9.16. The van der Waals surface area contributed by atoms with Gasteiger partial charge in [-0.2, -0.15) is 0 Å². The highest BCUT2D eigenvalue weighted by molar-refractivity contribution is 5.89. The van der Waals surface area contributed by atoms with Gasteiger partial charge < -0.3 is 10.1 Å². The maximum atomic E-state index is 11.3. The van der Waals surface area contributed by atoms with Gasteiger partial charge in [-0.25, -0.2) is 4.79 Å². The Morgan fingerprint density at radius 1 is 1.43 bits per heavy atom. The first kappa shape index (κ1) is 12.9. The van der Waals surface area contributed by atoms with E-state index in [1.165, 1.54) is 7.11 Å². The largest absolute Gasteiger partial charge is 0.467 e. The molecular weight excluding hydrogens is 182 g/mol. The Hall–Kier alpha value is -1.06. The fourth-order valence-electron chi connectivity index (χ4n) is 0.873. The van der Waals surface area contributed by atoms with Crippen molar-refractivity contribution in [2.45, 2.75) is 33.2 Å². The van der Waals surface area contributed by atoms with E-state index in [4.69, 9.17) is 0 Å². The summed E-state index contributed by atoms with van der Waals surface area (Å²) < 4.78 is 4.48. The molecule has 0 aromatic carbocycles. The first-order chi connectivity index (χ1) is 6.51. The van der Waals surface area contributed by atoms with Crippen LogP contribution in [0.2, 0.25) is 0 Å². The maximum Gasteiger partial charge on any atom is 0.328 e. The molecule has 2 atom stereocenters. The summed E-state index contributed by atoms with van der Waals surface area (Å²) in [5, 5.41) is 2.53. The molecule has 0 fully saturated rings. The molecule has 4 heteroatoms. The van der Waals surface area contributed by atoms with Crippen LogP contribution < -0.4 is 5.32 Å². The summed E-state index contributed by atoms with van der Waals surface area (Å²) in [4.78, 5) is 22.2. The molecule has 0 bridgehead atoms. The zero-order chi connectivity index (χ0) is 11.1. The summed E-state index contributed by atoms with van der Waals surface area (Å²) >= 11 is 0. The van der Waals surface area contributed by atoms with Crippen molar-refractivity contribution in [1.82, 2.24) is 5.32 Å². The smallest absolute Gasteiger partial charge is 0.328 e. The Morgan fingerprint density at radius 2 is 2.00 bits per heavy atom. The number of ether oxygens (including phenoxy) is 1. The van der Waals surface area contributed by atoms with E-state index in [1.54, 1.807) is 13.3 Å². The van der Waals surface area contributed by atoms with Gasteiger partial charge in [-0.15, -0.1) is 0 Å². The lowest BCUT2D eigenvalue weighted by molar-refractivity contribution is -0.144. The van der Waals surface area contributed by atoms with Gasteiger partial charge in [0.25, 0.3) is 0 Å². The number of hydrogen-bond donors (Lipinski definition) is 1. The summed E-state index contributed by atoms with van der Waals surface area (Å²) in [6.45, 7) is 5.54. The molecule has 81 valence electrons. The van der Waals surface area contributed by atoms with Crippen LogP contribution in [0, 0.1) is 12.3 Å². The molecule has 0 aromatic heterocycles. The molecule has 1 N–H and O–H groups in total. The summed E-state index contributed by atoms with van der Waals surface area (Å²) in [6, 6.07) is -0.590. The Bertz CT molecular complexity index is 204. The second-order valence-electron chi connectivity index (χ2n) is 3.31. The average Bonchev–Trinajstić information content (AvgIpc) is 2.15. The third kappa shape index (κ3) is 4.84. The Labute approximate surface area is 85.0 Å². The Kier molecular flexibility index (Phi) is 5.92. The van der Waals surface area contributed by atoms with E-state index in [0.717, 1.165) is 6.42 Å². The van der Waals surface area contributed by atoms with Crippen LogP contribution in [0.3, 0.4) is 0 Å². The standard InChI is InChI=1S/C10H18NO3/c1-5-7(2)6-9(12)11-8(3)10(13)14-4/h6-8H,5H2,1-4H3,(H,11,12). The second kappa shape index (κ2) is 6.40. The number of nitrogens with one attached hydrogen (secondary N) is 1. The van der Waals surface area contributed by atoms with Crippen molar-refractivity contribution in [3.8, 4) is 0 Å². The molecule has 4 nitrogen and oxygen atoms in total. The van der Waals surface area contributed by atoms with E-state index in [1.807, 2.05) is 13.8 Å².